The first-order chi connectivity index (χ1) is 19.3. The van der Waals surface area contributed by atoms with E-state index in [0.29, 0.717) is 30.1 Å². The van der Waals surface area contributed by atoms with Gasteiger partial charge in [0.1, 0.15) is 11.0 Å². The predicted octanol–water partition coefficient (Wildman–Crippen LogP) is 5.07. The van der Waals surface area contributed by atoms with Crippen LogP contribution in [-0.4, -0.2) is 84.3 Å². The summed E-state index contributed by atoms with van der Waals surface area (Å²) in [7, 11) is 3.30. The van der Waals surface area contributed by atoms with Crippen LogP contribution in [0.5, 0.6) is 0 Å². The van der Waals surface area contributed by atoms with Gasteiger partial charge >= 0.3 is 6.18 Å². The number of hydrogen-bond donors (Lipinski definition) is 1. The quantitative estimate of drug-likeness (QED) is 0.356. The lowest BCUT2D eigenvalue weighted by atomic mass is 9.81. The number of nitrogens with zero attached hydrogens (tertiary/aromatic N) is 4. The summed E-state index contributed by atoms with van der Waals surface area (Å²) in [5.74, 6) is -0.0512. The summed E-state index contributed by atoms with van der Waals surface area (Å²) in [5.41, 5.74) is -3.41. The largest absolute Gasteiger partial charge is 0.423 e. The van der Waals surface area contributed by atoms with Gasteiger partial charge in [0, 0.05) is 40.3 Å². The van der Waals surface area contributed by atoms with Crippen LogP contribution in [0.2, 0.25) is 5.15 Å². The van der Waals surface area contributed by atoms with Gasteiger partial charge in [0.25, 0.3) is 11.8 Å². The van der Waals surface area contributed by atoms with E-state index in [2.05, 4.69) is 9.88 Å². The molecule has 2 amide bonds. The van der Waals surface area contributed by atoms with E-state index in [-0.39, 0.29) is 30.1 Å². The smallest absolute Gasteiger partial charge is 0.373 e. The molecule has 0 saturated carbocycles. The highest BCUT2D eigenvalue weighted by Gasteiger charge is 2.60. The zero-order chi connectivity index (χ0) is 29.9. The highest BCUT2D eigenvalue weighted by Crippen LogP contribution is 2.40. The minimum Gasteiger partial charge on any atom is -0.373 e. The molecule has 0 aliphatic carbocycles. The van der Waals surface area contributed by atoms with Crippen molar-refractivity contribution < 1.29 is 32.3 Å². The number of aliphatic hydroxyl groups is 1. The molecule has 2 aromatic rings. The SMILES string of the molecule is CN(C)C(=O)c1ccc(N2CCC(CC3CCN(C(=O)[C@](O)(c4ccccc4)C(F)C(F)(F)F)CC3)CC2)nc1Cl. The van der Waals surface area contributed by atoms with Crippen LogP contribution < -0.4 is 4.90 Å². The van der Waals surface area contributed by atoms with E-state index in [0.717, 1.165) is 49.4 Å². The Hall–Kier alpha value is -2.92. The fraction of sp³-hybridized carbons (Fsp3) is 0.552. The van der Waals surface area contributed by atoms with E-state index in [9.17, 15) is 32.3 Å². The zero-order valence-electron chi connectivity index (χ0n) is 23.1. The van der Waals surface area contributed by atoms with E-state index in [1.807, 2.05) is 0 Å². The third-order valence-electron chi connectivity index (χ3n) is 8.17. The molecule has 2 aliphatic rings. The van der Waals surface area contributed by atoms with Crippen molar-refractivity contribution in [2.45, 2.75) is 50.1 Å². The number of piperidine rings is 2. The molecule has 2 aliphatic heterocycles. The lowest BCUT2D eigenvalue weighted by Crippen LogP contribution is -2.58. The molecule has 3 heterocycles. The second-order valence-electron chi connectivity index (χ2n) is 11.1. The number of halogens is 5. The summed E-state index contributed by atoms with van der Waals surface area (Å²) in [5, 5.41) is 11.1. The molecule has 4 rings (SSSR count). The first-order valence-corrected chi connectivity index (χ1v) is 14.1. The van der Waals surface area contributed by atoms with E-state index in [1.165, 1.54) is 23.1 Å². The number of amides is 2. The van der Waals surface area contributed by atoms with Crippen LogP contribution in [0, 0.1) is 11.8 Å². The van der Waals surface area contributed by atoms with Gasteiger partial charge in [-0.3, -0.25) is 9.59 Å². The lowest BCUT2D eigenvalue weighted by molar-refractivity contribution is -0.237. The molecule has 0 spiro atoms. The maximum absolute atomic E-state index is 14.6. The van der Waals surface area contributed by atoms with Crippen molar-refractivity contribution >= 4 is 29.2 Å². The van der Waals surface area contributed by atoms with E-state index >= 15 is 0 Å². The molecule has 1 unspecified atom stereocenters. The van der Waals surface area contributed by atoms with Crippen LogP contribution in [0.1, 0.15) is 48.0 Å². The number of benzene rings is 1. The zero-order valence-corrected chi connectivity index (χ0v) is 23.8. The third kappa shape index (κ3) is 6.77. The Labute approximate surface area is 242 Å². The second kappa shape index (κ2) is 12.5. The van der Waals surface area contributed by atoms with Crippen molar-refractivity contribution in [3.63, 3.8) is 0 Å². The van der Waals surface area contributed by atoms with E-state index < -0.39 is 29.4 Å². The van der Waals surface area contributed by atoms with Crippen LogP contribution in [0.3, 0.4) is 0 Å². The molecule has 1 aromatic carbocycles. The fourth-order valence-electron chi connectivity index (χ4n) is 5.79. The summed E-state index contributed by atoms with van der Waals surface area (Å²) in [4.78, 5) is 34.6. The number of aromatic nitrogens is 1. The first-order valence-electron chi connectivity index (χ1n) is 13.7. The third-order valence-corrected chi connectivity index (χ3v) is 8.46. The molecule has 7 nitrogen and oxygen atoms in total. The lowest BCUT2D eigenvalue weighted by Gasteiger charge is -2.40. The summed E-state index contributed by atoms with van der Waals surface area (Å²) < 4.78 is 54.8. The van der Waals surface area contributed by atoms with Gasteiger partial charge in [-0.2, -0.15) is 13.2 Å². The average molecular weight is 599 g/mol. The average Bonchev–Trinajstić information content (AvgIpc) is 2.96. The maximum atomic E-state index is 14.6. The summed E-state index contributed by atoms with van der Waals surface area (Å²) in [6, 6.07) is 9.99. The van der Waals surface area contributed by atoms with Gasteiger partial charge in [-0.05, 0) is 61.6 Å². The predicted molar refractivity (Wildman–Crippen MR) is 147 cm³/mol. The van der Waals surface area contributed by atoms with Crippen molar-refractivity contribution in [1.29, 1.82) is 0 Å². The van der Waals surface area contributed by atoms with Crippen molar-refractivity contribution in [3.8, 4) is 0 Å². The first kappa shape index (κ1) is 31.0. The Bertz CT molecular complexity index is 1220. The standard InChI is InChI=1S/C29H35ClF4N4O3/c1-36(2)25(39)22-8-9-23(35-24(22)30)37-14-10-19(11-15-37)18-20-12-16-38(17-13-20)27(40)28(41,26(31)29(32,33)34)21-6-4-3-5-7-21/h3-9,19-20,26,41H,10-18H2,1-2H3/t26?,28-/m0/s1. The maximum Gasteiger partial charge on any atom is 0.423 e. The van der Waals surface area contributed by atoms with Crippen molar-refractivity contribution in [3.05, 3.63) is 58.7 Å². The number of carbonyl (C=O) groups excluding carboxylic acids is 2. The Morgan fingerprint density at radius 3 is 2.07 bits per heavy atom. The highest BCUT2D eigenvalue weighted by molar-refractivity contribution is 6.32. The Kier molecular flexibility index (Phi) is 9.48. The number of likely N-dealkylation sites (tertiary alicyclic amines) is 1. The Balaban J connectivity index is 1.31. The fourth-order valence-corrected chi connectivity index (χ4v) is 6.02. The summed E-state index contributed by atoms with van der Waals surface area (Å²) >= 11 is 6.28. The summed E-state index contributed by atoms with van der Waals surface area (Å²) in [6.45, 7) is 1.85. The van der Waals surface area contributed by atoms with Crippen molar-refractivity contribution in [1.82, 2.24) is 14.8 Å². The second-order valence-corrected chi connectivity index (χ2v) is 11.5. The van der Waals surface area contributed by atoms with Gasteiger partial charge < -0.3 is 19.8 Å². The molecule has 1 aromatic heterocycles. The van der Waals surface area contributed by atoms with Gasteiger partial charge in [-0.15, -0.1) is 0 Å². The molecule has 0 bridgehead atoms. The van der Waals surface area contributed by atoms with E-state index in [1.54, 1.807) is 26.2 Å². The van der Waals surface area contributed by atoms with Crippen LogP contribution in [0.25, 0.3) is 0 Å². The number of carbonyl (C=O) groups is 2. The molecule has 12 heteroatoms. The minimum atomic E-state index is -5.40. The molecule has 41 heavy (non-hydrogen) atoms. The van der Waals surface area contributed by atoms with Gasteiger partial charge in [-0.1, -0.05) is 41.9 Å². The molecular formula is C29H35ClF4N4O3. The highest BCUT2D eigenvalue weighted by atomic mass is 35.5. The van der Waals surface area contributed by atoms with Gasteiger partial charge in [0.05, 0.1) is 5.56 Å². The van der Waals surface area contributed by atoms with Crippen LogP contribution in [0.15, 0.2) is 42.5 Å². The number of alkyl halides is 4. The van der Waals surface area contributed by atoms with Crippen molar-refractivity contribution in [2.75, 3.05) is 45.2 Å². The Morgan fingerprint density at radius 2 is 1.56 bits per heavy atom. The Morgan fingerprint density at radius 1 is 1.00 bits per heavy atom. The molecule has 1 N–H and O–H groups in total. The minimum absolute atomic E-state index is 0.155. The number of pyridine rings is 1. The molecular weight excluding hydrogens is 564 g/mol. The number of anilines is 1. The van der Waals surface area contributed by atoms with Crippen LogP contribution in [0.4, 0.5) is 23.4 Å². The van der Waals surface area contributed by atoms with Gasteiger partial charge in [0.2, 0.25) is 11.8 Å². The van der Waals surface area contributed by atoms with Crippen LogP contribution >= 0.6 is 11.6 Å². The molecule has 2 fully saturated rings. The molecule has 2 saturated heterocycles. The van der Waals surface area contributed by atoms with Gasteiger partial charge in [0.15, 0.2) is 0 Å². The normalized spacial score (nSPS) is 19.5. The number of rotatable bonds is 7. The van der Waals surface area contributed by atoms with Crippen molar-refractivity contribution in [2.24, 2.45) is 11.8 Å². The molecule has 224 valence electrons. The molecule has 0 radical (unpaired) electrons. The molecule has 2 atom stereocenters. The van der Waals surface area contributed by atoms with Gasteiger partial charge in [-0.25, -0.2) is 9.37 Å². The monoisotopic (exact) mass is 598 g/mol. The van der Waals surface area contributed by atoms with E-state index in [4.69, 9.17) is 11.6 Å². The number of hydrogen-bond acceptors (Lipinski definition) is 5. The van der Waals surface area contributed by atoms with Crippen LogP contribution in [-0.2, 0) is 10.4 Å². The topological polar surface area (TPSA) is 77.0 Å². The summed E-state index contributed by atoms with van der Waals surface area (Å²) in [6.07, 6.45) is -5.27.